The first-order chi connectivity index (χ1) is 12.2. The molecule has 2 heterocycles. The summed E-state index contributed by atoms with van der Waals surface area (Å²) >= 11 is 0. The zero-order chi connectivity index (χ0) is 17.2. The fraction of sp³-hybridized carbons (Fsp3) is 0.368. The summed E-state index contributed by atoms with van der Waals surface area (Å²) in [6.07, 6.45) is 4.74. The van der Waals surface area contributed by atoms with E-state index in [2.05, 4.69) is 0 Å². The van der Waals surface area contributed by atoms with E-state index in [1.54, 1.807) is 16.9 Å². The van der Waals surface area contributed by atoms with Crippen molar-refractivity contribution in [3.05, 3.63) is 59.0 Å². The summed E-state index contributed by atoms with van der Waals surface area (Å²) in [5.41, 5.74) is 1.35. The summed E-state index contributed by atoms with van der Waals surface area (Å²) in [6, 6.07) is 11.4. The number of rotatable bonds is 7. The Hall–Kier alpha value is -2.76. The van der Waals surface area contributed by atoms with Crippen molar-refractivity contribution in [2.75, 3.05) is 0 Å². The molecule has 130 valence electrons. The Bertz CT molecular complexity index is 918. The number of para-hydroxylation sites is 2. The molecule has 0 unspecified atom stereocenters. The fourth-order valence-corrected chi connectivity index (χ4v) is 3.14. The molecule has 25 heavy (non-hydrogen) atoms. The lowest BCUT2D eigenvalue weighted by molar-refractivity contribution is -0.132. The van der Waals surface area contributed by atoms with Gasteiger partial charge in [-0.05, 0) is 43.5 Å². The minimum atomic E-state index is -0.372. The Morgan fingerprint density at radius 2 is 2.04 bits per heavy atom. The van der Waals surface area contributed by atoms with Gasteiger partial charge in [-0.25, -0.2) is 4.79 Å². The van der Waals surface area contributed by atoms with Gasteiger partial charge in [-0.3, -0.25) is 9.36 Å². The number of aryl methyl sites for hydroxylation is 1. The quantitative estimate of drug-likeness (QED) is 0.662. The van der Waals surface area contributed by atoms with Crippen molar-refractivity contribution >= 4 is 17.0 Å². The standard InChI is InChI=1S/C19H20N2O4/c22-18(21(14-9-10-14)13-15-5-4-12-24-15)8-3-11-20-16-6-1-2-7-17(16)25-19(20)23/h1-2,4-7,12,14H,3,8-11,13H2. The number of benzene rings is 1. The summed E-state index contributed by atoms with van der Waals surface area (Å²) in [7, 11) is 0. The van der Waals surface area contributed by atoms with E-state index in [4.69, 9.17) is 8.83 Å². The highest BCUT2D eigenvalue weighted by molar-refractivity contribution is 5.77. The van der Waals surface area contributed by atoms with Gasteiger partial charge in [0.2, 0.25) is 5.91 Å². The van der Waals surface area contributed by atoms with Crippen LogP contribution in [0.3, 0.4) is 0 Å². The van der Waals surface area contributed by atoms with Crippen LogP contribution in [0, 0.1) is 0 Å². The van der Waals surface area contributed by atoms with E-state index in [0.717, 1.165) is 24.1 Å². The molecule has 0 atom stereocenters. The van der Waals surface area contributed by atoms with Crippen molar-refractivity contribution in [3.8, 4) is 0 Å². The number of aromatic nitrogens is 1. The largest absolute Gasteiger partial charge is 0.467 e. The predicted octanol–water partition coefficient (Wildman–Crippen LogP) is 3.16. The van der Waals surface area contributed by atoms with Gasteiger partial charge in [-0.2, -0.15) is 0 Å². The third kappa shape index (κ3) is 3.38. The third-order valence-electron chi connectivity index (χ3n) is 4.56. The highest BCUT2D eigenvalue weighted by Gasteiger charge is 2.32. The molecule has 1 saturated carbocycles. The van der Waals surface area contributed by atoms with Crippen LogP contribution < -0.4 is 5.76 Å². The van der Waals surface area contributed by atoms with Crippen LogP contribution in [0.4, 0.5) is 0 Å². The highest BCUT2D eigenvalue weighted by Crippen LogP contribution is 2.29. The summed E-state index contributed by atoms with van der Waals surface area (Å²) < 4.78 is 12.2. The average molecular weight is 340 g/mol. The van der Waals surface area contributed by atoms with Gasteiger partial charge in [-0.15, -0.1) is 0 Å². The summed E-state index contributed by atoms with van der Waals surface area (Å²) in [6.45, 7) is 0.992. The fourth-order valence-electron chi connectivity index (χ4n) is 3.14. The molecule has 1 aliphatic rings. The molecule has 2 aromatic heterocycles. The zero-order valence-corrected chi connectivity index (χ0v) is 13.9. The maximum Gasteiger partial charge on any atom is 0.419 e. The van der Waals surface area contributed by atoms with E-state index >= 15 is 0 Å². The van der Waals surface area contributed by atoms with E-state index in [0.29, 0.717) is 37.6 Å². The van der Waals surface area contributed by atoms with Gasteiger partial charge in [-0.1, -0.05) is 12.1 Å². The number of furan rings is 1. The van der Waals surface area contributed by atoms with Gasteiger partial charge >= 0.3 is 5.76 Å². The van der Waals surface area contributed by atoms with Crippen LogP contribution in [0.2, 0.25) is 0 Å². The molecular weight excluding hydrogens is 320 g/mol. The maximum atomic E-state index is 12.6. The highest BCUT2D eigenvalue weighted by atomic mass is 16.4. The molecule has 6 heteroatoms. The lowest BCUT2D eigenvalue weighted by Crippen LogP contribution is -2.32. The van der Waals surface area contributed by atoms with Crippen LogP contribution in [0.15, 0.2) is 56.3 Å². The van der Waals surface area contributed by atoms with E-state index < -0.39 is 0 Å². The van der Waals surface area contributed by atoms with Crippen LogP contribution in [0.25, 0.3) is 11.1 Å². The third-order valence-corrected chi connectivity index (χ3v) is 4.56. The van der Waals surface area contributed by atoms with Crippen LogP contribution in [-0.2, 0) is 17.9 Å². The number of carbonyl (C=O) groups is 1. The first-order valence-electron chi connectivity index (χ1n) is 8.62. The number of fused-ring (bicyclic) bond motifs is 1. The Labute approximate surface area is 144 Å². The molecule has 1 fully saturated rings. The predicted molar refractivity (Wildman–Crippen MR) is 92.0 cm³/mol. The normalized spacial score (nSPS) is 14.1. The summed E-state index contributed by atoms with van der Waals surface area (Å²) in [5, 5.41) is 0. The smallest absolute Gasteiger partial charge is 0.419 e. The molecule has 0 saturated heterocycles. The van der Waals surface area contributed by atoms with Crippen molar-refractivity contribution in [2.24, 2.45) is 0 Å². The van der Waals surface area contributed by atoms with E-state index in [1.807, 2.05) is 35.2 Å². The second-order valence-corrected chi connectivity index (χ2v) is 6.42. The first kappa shape index (κ1) is 15.7. The van der Waals surface area contributed by atoms with Crippen LogP contribution in [0.1, 0.15) is 31.4 Å². The Morgan fingerprint density at radius 3 is 2.80 bits per heavy atom. The molecule has 6 nitrogen and oxygen atoms in total. The molecule has 0 spiro atoms. The van der Waals surface area contributed by atoms with Gasteiger partial charge in [0.15, 0.2) is 5.58 Å². The molecule has 0 bridgehead atoms. The Morgan fingerprint density at radius 1 is 1.20 bits per heavy atom. The number of nitrogens with zero attached hydrogens (tertiary/aromatic N) is 2. The second kappa shape index (κ2) is 6.63. The molecule has 0 aliphatic heterocycles. The molecule has 0 radical (unpaired) electrons. The maximum absolute atomic E-state index is 12.6. The minimum Gasteiger partial charge on any atom is -0.467 e. The monoisotopic (exact) mass is 340 g/mol. The Balaban J connectivity index is 1.39. The lowest BCUT2D eigenvalue weighted by atomic mass is 10.2. The van der Waals surface area contributed by atoms with Crippen molar-refractivity contribution in [1.82, 2.24) is 9.47 Å². The molecule has 1 aliphatic carbocycles. The molecule has 3 aromatic rings. The number of hydrogen-bond donors (Lipinski definition) is 0. The zero-order valence-electron chi connectivity index (χ0n) is 13.9. The molecule has 1 aromatic carbocycles. The SMILES string of the molecule is O=C(CCCn1c(=O)oc2ccccc21)N(Cc1ccco1)C1CC1. The van der Waals surface area contributed by atoms with E-state index in [9.17, 15) is 9.59 Å². The average Bonchev–Trinajstić information content (AvgIpc) is 3.22. The van der Waals surface area contributed by atoms with Gasteiger partial charge in [0.1, 0.15) is 5.76 Å². The first-order valence-corrected chi connectivity index (χ1v) is 8.62. The number of hydrogen-bond acceptors (Lipinski definition) is 4. The topological polar surface area (TPSA) is 68.6 Å². The van der Waals surface area contributed by atoms with Crippen molar-refractivity contribution < 1.29 is 13.6 Å². The number of amides is 1. The molecule has 0 N–H and O–H groups in total. The van der Waals surface area contributed by atoms with Crippen LogP contribution in [-0.4, -0.2) is 21.4 Å². The van der Waals surface area contributed by atoms with Crippen LogP contribution >= 0.6 is 0 Å². The molecule has 1 amide bonds. The second-order valence-electron chi connectivity index (χ2n) is 6.42. The van der Waals surface area contributed by atoms with E-state index in [1.165, 1.54) is 0 Å². The summed E-state index contributed by atoms with van der Waals surface area (Å²) in [5.74, 6) is 0.542. The van der Waals surface area contributed by atoms with Gasteiger partial charge in [0.25, 0.3) is 0 Å². The minimum absolute atomic E-state index is 0.111. The summed E-state index contributed by atoms with van der Waals surface area (Å²) in [4.78, 5) is 26.5. The van der Waals surface area contributed by atoms with Crippen LogP contribution in [0.5, 0.6) is 0 Å². The van der Waals surface area contributed by atoms with Crippen molar-refractivity contribution in [3.63, 3.8) is 0 Å². The Kier molecular flexibility index (Phi) is 4.17. The van der Waals surface area contributed by atoms with Gasteiger partial charge < -0.3 is 13.7 Å². The van der Waals surface area contributed by atoms with Crippen molar-refractivity contribution in [2.45, 2.75) is 44.8 Å². The number of oxazole rings is 1. The molecule has 4 rings (SSSR count). The van der Waals surface area contributed by atoms with Gasteiger partial charge in [0.05, 0.1) is 18.3 Å². The van der Waals surface area contributed by atoms with Crippen molar-refractivity contribution in [1.29, 1.82) is 0 Å². The number of carbonyl (C=O) groups excluding carboxylic acids is 1. The molecular formula is C19H20N2O4. The lowest BCUT2D eigenvalue weighted by Gasteiger charge is -2.21. The van der Waals surface area contributed by atoms with E-state index in [-0.39, 0.29) is 11.7 Å². The van der Waals surface area contributed by atoms with Gasteiger partial charge in [0, 0.05) is 19.0 Å².